The summed E-state index contributed by atoms with van der Waals surface area (Å²) < 4.78 is 6.74. The van der Waals surface area contributed by atoms with E-state index in [0.29, 0.717) is 19.4 Å². The van der Waals surface area contributed by atoms with Gasteiger partial charge in [-0.3, -0.25) is 24.1 Å². The lowest BCUT2D eigenvalue weighted by atomic mass is 10.2. The topological polar surface area (TPSA) is 92.1 Å². The number of ether oxygens (including phenoxy) is 1. The van der Waals surface area contributed by atoms with Crippen molar-refractivity contribution in [3.05, 3.63) is 27.7 Å². The van der Waals surface area contributed by atoms with Crippen LogP contribution in [0, 0.1) is 0 Å². The van der Waals surface area contributed by atoms with E-state index in [9.17, 15) is 19.5 Å². The van der Waals surface area contributed by atoms with Crippen LogP contribution < -0.4 is 10.4 Å². The maximum absolute atomic E-state index is 12.4. The highest BCUT2D eigenvalue weighted by atomic mass is 16.5. The Morgan fingerprint density at radius 3 is 2.68 bits per heavy atom. The van der Waals surface area contributed by atoms with Crippen LogP contribution in [0.5, 0.6) is 5.75 Å². The minimum absolute atomic E-state index is 0.0519. The number of hydrogen-bond acceptors (Lipinski definition) is 6. The van der Waals surface area contributed by atoms with E-state index in [4.69, 9.17) is 4.74 Å². The minimum Gasteiger partial charge on any atom is -0.502 e. The fourth-order valence-electron chi connectivity index (χ4n) is 2.26. The Hall–Kier alpha value is -2.35. The lowest BCUT2D eigenvalue weighted by molar-refractivity contribution is 0.0435. The Kier molecular flexibility index (Phi) is 4.51. The average molecular weight is 309 g/mol. The standard InChI is InChI=1S/C14H19N3O5/c1-9(2)22-5-4-16-8-15(3)17-6-10(7-18)12(19)13(20)11(17)14(16)21/h6-7,9,20H,4-5,8H2,1-3H3. The van der Waals surface area contributed by atoms with Crippen LogP contribution in [0.2, 0.25) is 0 Å². The third-order valence-electron chi connectivity index (χ3n) is 3.36. The molecule has 0 unspecified atom stereocenters. The summed E-state index contributed by atoms with van der Waals surface area (Å²) in [7, 11) is 1.69. The number of aromatic hydroxyl groups is 1. The van der Waals surface area contributed by atoms with Gasteiger partial charge in [0.2, 0.25) is 5.43 Å². The summed E-state index contributed by atoms with van der Waals surface area (Å²) in [4.78, 5) is 36.6. The molecule has 0 aromatic carbocycles. The fraction of sp³-hybridized carbons (Fsp3) is 0.500. The summed E-state index contributed by atoms with van der Waals surface area (Å²) >= 11 is 0. The van der Waals surface area contributed by atoms with Gasteiger partial charge in [0, 0.05) is 19.8 Å². The predicted octanol–water partition coefficient (Wildman–Crippen LogP) is -0.228. The van der Waals surface area contributed by atoms with Gasteiger partial charge < -0.3 is 14.7 Å². The van der Waals surface area contributed by atoms with Crippen LogP contribution in [-0.2, 0) is 4.74 Å². The first-order valence-corrected chi connectivity index (χ1v) is 6.93. The molecule has 1 aromatic heterocycles. The maximum atomic E-state index is 12.4. The molecule has 1 aliphatic heterocycles. The Labute approximate surface area is 127 Å². The quantitative estimate of drug-likeness (QED) is 0.756. The molecule has 22 heavy (non-hydrogen) atoms. The van der Waals surface area contributed by atoms with Crippen LogP contribution in [-0.4, -0.2) is 59.8 Å². The van der Waals surface area contributed by atoms with Crippen LogP contribution in [0.1, 0.15) is 34.7 Å². The molecule has 0 saturated heterocycles. The van der Waals surface area contributed by atoms with E-state index < -0.39 is 17.1 Å². The Balaban J connectivity index is 2.34. The van der Waals surface area contributed by atoms with Crippen molar-refractivity contribution >= 4 is 12.2 Å². The SMILES string of the molecule is CC(C)OCCN1CN(C)n2cc(C=O)c(=O)c(O)c2C1=O. The molecule has 0 saturated carbocycles. The van der Waals surface area contributed by atoms with Crippen molar-refractivity contribution in [2.45, 2.75) is 20.0 Å². The van der Waals surface area contributed by atoms with Gasteiger partial charge in [0.15, 0.2) is 17.7 Å². The number of fused-ring (bicyclic) bond motifs is 1. The highest BCUT2D eigenvalue weighted by Crippen LogP contribution is 2.19. The smallest absolute Gasteiger partial charge is 0.277 e. The molecule has 1 aliphatic rings. The highest BCUT2D eigenvalue weighted by molar-refractivity contribution is 5.96. The van der Waals surface area contributed by atoms with Crippen molar-refractivity contribution in [1.29, 1.82) is 0 Å². The number of hydrogen-bond donors (Lipinski definition) is 1. The summed E-state index contributed by atoms with van der Waals surface area (Å²) in [6.07, 6.45) is 1.66. The molecule has 8 nitrogen and oxygen atoms in total. The van der Waals surface area contributed by atoms with Crippen molar-refractivity contribution in [2.75, 3.05) is 31.9 Å². The molecule has 0 bridgehead atoms. The normalized spacial score (nSPS) is 14.5. The van der Waals surface area contributed by atoms with E-state index in [1.54, 1.807) is 12.1 Å². The van der Waals surface area contributed by atoms with Gasteiger partial charge in [-0.15, -0.1) is 0 Å². The molecule has 1 N–H and O–H groups in total. The van der Waals surface area contributed by atoms with Gasteiger partial charge in [0.1, 0.15) is 6.67 Å². The first-order valence-electron chi connectivity index (χ1n) is 6.93. The number of pyridine rings is 1. The third-order valence-corrected chi connectivity index (χ3v) is 3.36. The molecule has 2 rings (SSSR count). The number of amides is 1. The van der Waals surface area contributed by atoms with Gasteiger partial charge in [-0.05, 0) is 13.8 Å². The zero-order valence-electron chi connectivity index (χ0n) is 12.8. The Morgan fingerprint density at radius 2 is 2.09 bits per heavy atom. The van der Waals surface area contributed by atoms with Gasteiger partial charge in [-0.1, -0.05) is 0 Å². The second kappa shape index (κ2) is 6.18. The average Bonchev–Trinajstić information content (AvgIpc) is 2.46. The summed E-state index contributed by atoms with van der Waals surface area (Å²) in [6, 6.07) is 0. The van der Waals surface area contributed by atoms with E-state index >= 15 is 0 Å². The van der Waals surface area contributed by atoms with Crippen molar-refractivity contribution in [3.8, 4) is 5.75 Å². The number of carbonyl (C=O) groups excluding carboxylic acids is 2. The molecule has 0 radical (unpaired) electrons. The van der Waals surface area contributed by atoms with Crippen LogP contribution in [0.25, 0.3) is 0 Å². The van der Waals surface area contributed by atoms with E-state index in [0.717, 1.165) is 0 Å². The van der Waals surface area contributed by atoms with Crippen molar-refractivity contribution in [1.82, 2.24) is 9.58 Å². The Morgan fingerprint density at radius 1 is 1.41 bits per heavy atom. The number of nitrogens with zero attached hydrogens (tertiary/aromatic N) is 3. The van der Waals surface area contributed by atoms with Gasteiger partial charge >= 0.3 is 0 Å². The first-order chi connectivity index (χ1) is 10.4. The lowest BCUT2D eigenvalue weighted by Crippen LogP contribution is -2.53. The van der Waals surface area contributed by atoms with E-state index in [-0.39, 0.29) is 24.0 Å². The second-order valence-electron chi connectivity index (χ2n) is 5.36. The van der Waals surface area contributed by atoms with E-state index in [2.05, 4.69) is 0 Å². The molecule has 0 fully saturated rings. The van der Waals surface area contributed by atoms with E-state index in [1.807, 2.05) is 13.8 Å². The van der Waals surface area contributed by atoms with Crippen LogP contribution in [0.4, 0.5) is 0 Å². The number of carbonyl (C=O) groups is 2. The molecule has 2 heterocycles. The van der Waals surface area contributed by atoms with E-state index in [1.165, 1.54) is 15.8 Å². The van der Waals surface area contributed by atoms with Gasteiger partial charge in [-0.2, -0.15) is 0 Å². The molecule has 1 amide bonds. The van der Waals surface area contributed by atoms with Gasteiger partial charge in [-0.25, -0.2) is 0 Å². The number of aromatic nitrogens is 1. The molecular weight excluding hydrogens is 290 g/mol. The molecule has 0 atom stereocenters. The second-order valence-corrected chi connectivity index (χ2v) is 5.36. The predicted molar refractivity (Wildman–Crippen MR) is 78.9 cm³/mol. The number of rotatable bonds is 5. The molecule has 1 aromatic rings. The zero-order valence-corrected chi connectivity index (χ0v) is 12.8. The monoisotopic (exact) mass is 309 g/mol. The molecule has 0 spiro atoms. The van der Waals surface area contributed by atoms with Gasteiger partial charge in [0.05, 0.1) is 18.3 Å². The number of aldehydes is 1. The third kappa shape index (κ3) is 2.82. The van der Waals surface area contributed by atoms with Crippen LogP contribution in [0.3, 0.4) is 0 Å². The summed E-state index contributed by atoms with van der Waals surface area (Å²) in [5.41, 5.74) is -1.19. The molecule has 8 heteroatoms. The Bertz CT molecular complexity index is 653. The zero-order chi connectivity index (χ0) is 16.4. The lowest BCUT2D eigenvalue weighted by Gasteiger charge is -2.37. The highest BCUT2D eigenvalue weighted by Gasteiger charge is 2.31. The van der Waals surface area contributed by atoms with Crippen LogP contribution in [0.15, 0.2) is 11.0 Å². The summed E-state index contributed by atoms with van der Waals surface area (Å²) in [6.45, 7) is 4.74. The van der Waals surface area contributed by atoms with Crippen LogP contribution >= 0.6 is 0 Å². The maximum Gasteiger partial charge on any atom is 0.277 e. The van der Waals surface area contributed by atoms with Crippen molar-refractivity contribution in [3.63, 3.8) is 0 Å². The largest absolute Gasteiger partial charge is 0.502 e. The summed E-state index contributed by atoms with van der Waals surface area (Å²) in [5, 5.41) is 11.6. The minimum atomic E-state index is -0.844. The fourth-order valence-corrected chi connectivity index (χ4v) is 2.26. The molecule has 0 aliphatic carbocycles. The summed E-state index contributed by atoms with van der Waals surface area (Å²) in [5.74, 6) is -1.19. The van der Waals surface area contributed by atoms with Crippen molar-refractivity contribution < 1.29 is 19.4 Å². The van der Waals surface area contributed by atoms with Gasteiger partial charge in [0.25, 0.3) is 5.91 Å². The molecular formula is C14H19N3O5. The molecule has 120 valence electrons. The van der Waals surface area contributed by atoms with Crippen molar-refractivity contribution in [2.24, 2.45) is 0 Å². The first kappa shape index (κ1) is 16.0.